The number of alkyl halides is 2. The van der Waals surface area contributed by atoms with E-state index in [1.165, 1.54) is 33.4 Å². The molecule has 1 aliphatic rings. The van der Waals surface area contributed by atoms with E-state index in [1.807, 2.05) is 0 Å². The van der Waals surface area contributed by atoms with Gasteiger partial charge < -0.3 is 0 Å². The van der Waals surface area contributed by atoms with Crippen LogP contribution in [0.1, 0.15) is 128 Å². The van der Waals surface area contributed by atoms with E-state index >= 15 is 0 Å². The molecule has 2 atom stereocenters. The second-order valence-electron chi connectivity index (χ2n) is 14.3. The monoisotopic (exact) mass is 574 g/mol. The van der Waals surface area contributed by atoms with Crippen molar-refractivity contribution in [2.24, 2.45) is 0 Å². The fourth-order valence-electron chi connectivity index (χ4n) is 4.55. The molecule has 0 aromatic heterocycles. The van der Waals surface area contributed by atoms with Gasteiger partial charge in [0.25, 0.3) is 0 Å². The van der Waals surface area contributed by atoms with Crippen LogP contribution in [0.2, 0.25) is 0 Å². The lowest BCUT2D eigenvalue weighted by molar-refractivity contribution is 0.565. The maximum absolute atomic E-state index is 4.11. The summed E-state index contributed by atoms with van der Waals surface area (Å²) in [5, 5.41) is 0. The summed E-state index contributed by atoms with van der Waals surface area (Å²) in [5.41, 5.74) is 9.03. The molecule has 2 unspecified atom stereocenters. The fraction of sp³-hybridized carbons (Fsp3) is 0.613. The van der Waals surface area contributed by atoms with Crippen LogP contribution < -0.4 is 0 Å². The maximum atomic E-state index is 4.11. The van der Waals surface area contributed by atoms with E-state index in [-0.39, 0.29) is 24.9 Å². The van der Waals surface area contributed by atoms with E-state index in [0.717, 1.165) is 0 Å². The lowest BCUT2D eigenvalue weighted by Gasteiger charge is -2.27. The molecule has 0 amide bonds. The lowest BCUT2D eigenvalue weighted by atomic mass is 9.78. The Morgan fingerprint density at radius 2 is 0.667 bits per heavy atom. The minimum atomic E-state index is -0.114. The van der Waals surface area contributed by atoms with Crippen molar-refractivity contribution in [1.82, 2.24) is 0 Å². The molecule has 0 aliphatic heterocycles. The number of halogens is 2. The molecule has 3 rings (SSSR count). The summed E-state index contributed by atoms with van der Waals surface area (Å²) >= 11 is 8.22. The molecular weight excluding hydrogens is 532 g/mol. The van der Waals surface area contributed by atoms with Gasteiger partial charge in [-0.2, -0.15) is 0 Å². The second-order valence-corrected chi connectivity index (χ2v) is 18.0. The van der Waals surface area contributed by atoms with E-state index in [4.69, 9.17) is 0 Å². The summed E-state index contributed by atoms with van der Waals surface area (Å²) in [6, 6.07) is 14.7. The van der Waals surface area contributed by atoms with Crippen LogP contribution in [0.25, 0.3) is 0 Å². The zero-order valence-corrected chi connectivity index (χ0v) is 26.0. The Morgan fingerprint density at radius 3 is 0.848 bits per heavy atom. The first kappa shape index (κ1) is 27.0. The Morgan fingerprint density at radius 1 is 0.455 bits per heavy atom. The van der Waals surface area contributed by atoms with Crippen molar-refractivity contribution in [2.75, 3.05) is 0 Å². The molecule has 1 fully saturated rings. The van der Waals surface area contributed by atoms with E-state index in [2.05, 4.69) is 151 Å². The molecule has 182 valence electrons. The number of hydrogen-bond donors (Lipinski definition) is 0. The number of hydrogen-bond acceptors (Lipinski definition) is 0. The first-order valence-electron chi connectivity index (χ1n) is 12.3. The summed E-state index contributed by atoms with van der Waals surface area (Å²) in [6.45, 7) is 27.8. The van der Waals surface area contributed by atoms with Crippen molar-refractivity contribution in [3.63, 3.8) is 0 Å². The molecule has 2 aromatic rings. The molecule has 0 radical (unpaired) electrons. The summed E-state index contributed by atoms with van der Waals surface area (Å²) in [4.78, 5) is 0. The van der Waals surface area contributed by atoms with Gasteiger partial charge in [0.1, 0.15) is 0 Å². The summed E-state index contributed by atoms with van der Waals surface area (Å²) < 4.78 is -0.114. The quantitative estimate of drug-likeness (QED) is 0.312. The lowest BCUT2D eigenvalue weighted by Crippen LogP contribution is -2.17. The minimum absolute atomic E-state index is 0.114. The number of benzene rings is 2. The van der Waals surface area contributed by atoms with Crippen LogP contribution in [0.5, 0.6) is 0 Å². The van der Waals surface area contributed by atoms with Gasteiger partial charge in [0.15, 0.2) is 0 Å². The molecule has 0 heterocycles. The fourth-order valence-corrected chi connectivity index (χ4v) is 6.40. The summed E-state index contributed by atoms with van der Waals surface area (Å²) in [7, 11) is 0. The molecule has 1 aliphatic carbocycles. The Hall–Kier alpha value is -0.600. The third-order valence-electron chi connectivity index (χ3n) is 7.15. The SMILES string of the molecule is CC(C)(C)c1cc(C2C(c3cc(C(C)(C)C)cc(C(C)(C)C)c3)C2(Br)Br)cc(C(C)(C)C)c1. The Kier molecular flexibility index (Phi) is 6.73. The van der Waals surface area contributed by atoms with Gasteiger partial charge in [0, 0.05) is 11.8 Å². The highest BCUT2D eigenvalue weighted by atomic mass is 79.9. The van der Waals surface area contributed by atoms with Crippen molar-refractivity contribution in [3.05, 3.63) is 69.8 Å². The Labute approximate surface area is 220 Å². The zero-order valence-electron chi connectivity index (χ0n) is 22.9. The van der Waals surface area contributed by atoms with Crippen LogP contribution in [0.3, 0.4) is 0 Å². The highest BCUT2D eigenvalue weighted by molar-refractivity contribution is 9.25. The highest BCUT2D eigenvalue weighted by Gasteiger charge is 2.63. The normalized spacial score (nSPS) is 21.3. The molecule has 2 aromatic carbocycles. The third-order valence-corrected chi connectivity index (χ3v) is 9.12. The predicted octanol–water partition coefficient (Wildman–Crippen LogP) is 10.2. The van der Waals surface area contributed by atoms with Crippen molar-refractivity contribution < 1.29 is 0 Å². The van der Waals surface area contributed by atoms with Crippen LogP contribution in [0.4, 0.5) is 0 Å². The Balaban J connectivity index is 2.17. The molecule has 1 saturated carbocycles. The highest BCUT2D eigenvalue weighted by Crippen LogP contribution is 2.72. The van der Waals surface area contributed by atoms with Crippen molar-refractivity contribution >= 4 is 31.9 Å². The molecule has 0 saturated heterocycles. The van der Waals surface area contributed by atoms with Gasteiger partial charge in [-0.15, -0.1) is 0 Å². The molecule has 2 heteroatoms. The van der Waals surface area contributed by atoms with Gasteiger partial charge in [0.05, 0.1) is 3.23 Å². The van der Waals surface area contributed by atoms with E-state index < -0.39 is 0 Å². The molecule has 33 heavy (non-hydrogen) atoms. The average molecular weight is 577 g/mol. The molecule has 0 nitrogen and oxygen atoms in total. The van der Waals surface area contributed by atoms with Gasteiger partial charge >= 0.3 is 0 Å². The second kappa shape index (κ2) is 8.22. The van der Waals surface area contributed by atoms with Gasteiger partial charge in [-0.25, -0.2) is 0 Å². The summed E-state index contributed by atoms with van der Waals surface area (Å²) in [6.07, 6.45) is 0. The largest absolute Gasteiger partial charge is 0.0954 e. The minimum Gasteiger partial charge on any atom is -0.0713 e. The first-order valence-corrected chi connectivity index (χ1v) is 13.9. The van der Waals surface area contributed by atoms with Crippen LogP contribution in [-0.2, 0) is 21.7 Å². The van der Waals surface area contributed by atoms with Gasteiger partial charge in [-0.3, -0.25) is 0 Å². The number of rotatable bonds is 2. The van der Waals surface area contributed by atoms with Gasteiger partial charge in [-0.05, 0) is 55.0 Å². The summed E-state index contributed by atoms with van der Waals surface area (Å²) in [5.74, 6) is 0.785. The standard InChI is InChI=1S/C31H44Br2/c1-27(2,3)21-13-19(14-22(17-21)28(4,5)6)25-26(31(25,32)33)20-15-23(29(7,8)9)18-24(16-20)30(10,11)12/h13-18,25-26H,1-12H3. The van der Waals surface area contributed by atoms with Crippen LogP contribution >= 0.6 is 31.9 Å². The first-order chi connectivity index (χ1) is 14.6. The maximum Gasteiger partial charge on any atom is 0.0954 e. The smallest absolute Gasteiger partial charge is 0.0713 e. The van der Waals surface area contributed by atoms with Gasteiger partial charge in [-0.1, -0.05) is 151 Å². The predicted molar refractivity (Wildman–Crippen MR) is 154 cm³/mol. The molecule has 0 N–H and O–H groups in total. The molecule has 0 spiro atoms. The van der Waals surface area contributed by atoms with Crippen molar-refractivity contribution in [1.29, 1.82) is 0 Å². The van der Waals surface area contributed by atoms with Crippen molar-refractivity contribution in [3.8, 4) is 0 Å². The zero-order chi connectivity index (χ0) is 25.4. The van der Waals surface area contributed by atoms with Gasteiger partial charge in [0.2, 0.25) is 0 Å². The average Bonchev–Trinajstić information content (AvgIpc) is 3.20. The van der Waals surface area contributed by atoms with Crippen LogP contribution in [0, 0.1) is 0 Å². The van der Waals surface area contributed by atoms with Crippen LogP contribution in [-0.4, -0.2) is 3.23 Å². The van der Waals surface area contributed by atoms with E-state index in [9.17, 15) is 0 Å². The van der Waals surface area contributed by atoms with Crippen LogP contribution in [0.15, 0.2) is 36.4 Å². The molecule has 0 bridgehead atoms. The molecular formula is C31H44Br2. The van der Waals surface area contributed by atoms with E-state index in [1.54, 1.807) is 0 Å². The Bertz CT molecular complexity index is 883. The van der Waals surface area contributed by atoms with Crippen molar-refractivity contribution in [2.45, 2.75) is 120 Å². The van der Waals surface area contributed by atoms with E-state index in [0.29, 0.717) is 11.8 Å². The third kappa shape index (κ3) is 5.64. The topological polar surface area (TPSA) is 0 Å².